The molecule has 0 saturated carbocycles. The van der Waals surface area contributed by atoms with Crippen molar-refractivity contribution in [3.05, 3.63) is 28.0 Å². The first-order valence-electron chi connectivity index (χ1n) is 4.06. The average Bonchev–Trinajstić information content (AvgIpc) is 2.15. The minimum Gasteiger partial charge on any atom is -0.331 e. The summed E-state index contributed by atoms with van der Waals surface area (Å²) in [6.07, 6.45) is 5.10. The number of rotatable bonds is 2. The number of hydrogen-bond donors (Lipinski definition) is 0. The van der Waals surface area contributed by atoms with Gasteiger partial charge < -0.3 is 4.90 Å². The molecule has 0 spiro atoms. The normalized spacial score (nSPS) is 9.47. The van der Waals surface area contributed by atoms with Gasteiger partial charge in [-0.05, 0) is 12.1 Å². The molecule has 0 aliphatic carbocycles. The van der Waals surface area contributed by atoms with Crippen LogP contribution in [0.4, 0.5) is 0 Å². The number of aromatic nitrogens is 1. The van der Waals surface area contributed by atoms with Crippen LogP contribution in [0.2, 0.25) is 10.3 Å². The molecule has 0 unspecified atom stereocenters. The highest BCUT2D eigenvalue weighted by atomic mass is 35.5. The van der Waals surface area contributed by atoms with Crippen LogP contribution in [0.1, 0.15) is 10.4 Å². The second-order valence-corrected chi connectivity index (χ2v) is 3.64. The molecule has 0 N–H and O–H groups in total. The minimum absolute atomic E-state index is 0.181. The van der Waals surface area contributed by atoms with Crippen LogP contribution in [0.5, 0.6) is 0 Å². The Labute approximate surface area is 98.0 Å². The third-order valence-corrected chi connectivity index (χ3v) is 2.07. The topological polar surface area (TPSA) is 33.2 Å². The lowest BCUT2D eigenvalue weighted by atomic mass is 10.2. The first-order valence-corrected chi connectivity index (χ1v) is 4.82. The Hall–Kier alpha value is -1.24. The van der Waals surface area contributed by atoms with E-state index in [1.807, 2.05) is 0 Å². The summed E-state index contributed by atoms with van der Waals surface area (Å²) in [6.45, 7) is 0.233. The summed E-state index contributed by atoms with van der Waals surface area (Å²) in [6, 6.07) is 2.89. The highest BCUT2D eigenvalue weighted by molar-refractivity contribution is 6.33. The Morgan fingerprint density at radius 3 is 2.53 bits per heavy atom. The molecule has 0 atom stereocenters. The molecule has 0 fully saturated rings. The smallest absolute Gasteiger partial charge is 0.254 e. The molecular formula is C10H8Cl2N2O. The molecule has 0 aliphatic heterocycles. The molecule has 0 aliphatic rings. The van der Waals surface area contributed by atoms with E-state index in [-0.39, 0.29) is 22.8 Å². The zero-order valence-electron chi connectivity index (χ0n) is 8.00. The van der Waals surface area contributed by atoms with Gasteiger partial charge in [-0.15, -0.1) is 6.42 Å². The van der Waals surface area contributed by atoms with Gasteiger partial charge in [-0.1, -0.05) is 29.1 Å². The first-order chi connectivity index (χ1) is 7.04. The van der Waals surface area contributed by atoms with E-state index in [4.69, 9.17) is 29.6 Å². The van der Waals surface area contributed by atoms with Gasteiger partial charge >= 0.3 is 0 Å². The van der Waals surface area contributed by atoms with Gasteiger partial charge in [0.1, 0.15) is 10.3 Å². The lowest BCUT2D eigenvalue weighted by Crippen LogP contribution is -2.26. The van der Waals surface area contributed by atoms with Gasteiger partial charge in [0.05, 0.1) is 6.54 Å². The Morgan fingerprint density at radius 1 is 1.53 bits per heavy atom. The van der Waals surface area contributed by atoms with E-state index >= 15 is 0 Å². The molecule has 1 heterocycles. The molecule has 1 aromatic rings. The zero-order chi connectivity index (χ0) is 11.4. The average molecular weight is 243 g/mol. The van der Waals surface area contributed by atoms with Crippen LogP contribution in [0, 0.1) is 12.3 Å². The van der Waals surface area contributed by atoms with Crippen LogP contribution >= 0.6 is 23.2 Å². The van der Waals surface area contributed by atoms with Crippen LogP contribution in [0.15, 0.2) is 12.1 Å². The van der Waals surface area contributed by atoms with Crippen molar-refractivity contribution in [2.45, 2.75) is 0 Å². The Balaban J connectivity index is 2.97. The van der Waals surface area contributed by atoms with Crippen molar-refractivity contribution in [3.8, 4) is 12.3 Å². The predicted molar refractivity (Wildman–Crippen MR) is 60.1 cm³/mol. The second kappa shape index (κ2) is 5.01. The first kappa shape index (κ1) is 11.8. The van der Waals surface area contributed by atoms with Crippen LogP contribution in [-0.2, 0) is 0 Å². The summed E-state index contributed by atoms with van der Waals surface area (Å²) in [5.41, 5.74) is 0.373. The lowest BCUT2D eigenvalue weighted by Gasteiger charge is -2.13. The minimum atomic E-state index is -0.237. The van der Waals surface area contributed by atoms with E-state index in [0.29, 0.717) is 5.56 Å². The number of pyridine rings is 1. The van der Waals surface area contributed by atoms with Crippen molar-refractivity contribution >= 4 is 29.1 Å². The summed E-state index contributed by atoms with van der Waals surface area (Å²) in [7, 11) is 1.60. The zero-order valence-corrected chi connectivity index (χ0v) is 9.51. The van der Waals surface area contributed by atoms with Crippen molar-refractivity contribution < 1.29 is 4.79 Å². The highest BCUT2D eigenvalue weighted by Gasteiger charge is 2.12. The maximum Gasteiger partial charge on any atom is 0.254 e. The Kier molecular flexibility index (Phi) is 3.96. The fourth-order valence-electron chi connectivity index (χ4n) is 1.02. The van der Waals surface area contributed by atoms with Gasteiger partial charge in [-0.25, -0.2) is 4.98 Å². The number of carbonyl (C=O) groups excluding carboxylic acids is 1. The van der Waals surface area contributed by atoms with E-state index in [0.717, 1.165) is 0 Å². The number of halogens is 2. The Morgan fingerprint density at radius 2 is 2.07 bits per heavy atom. The van der Waals surface area contributed by atoms with Gasteiger partial charge in [-0.2, -0.15) is 0 Å². The summed E-state index contributed by atoms with van der Waals surface area (Å²) in [5.74, 6) is 2.13. The summed E-state index contributed by atoms with van der Waals surface area (Å²) < 4.78 is 0. The van der Waals surface area contributed by atoms with Crippen molar-refractivity contribution in [1.29, 1.82) is 0 Å². The number of amides is 1. The van der Waals surface area contributed by atoms with Crippen LogP contribution < -0.4 is 0 Å². The standard InChI is InChI=1S/C10H8Cl2N2O/c1-3-4-14(2)10(15)7-5-8(11)13-9(12)6-7/h1,5-6H,4H2,2H3. The molecule has 1 aromatic heterocycles. The monoisotopic (exact) mass is 242 g/mol. The van der Waals surface area contributed by atoms with E-state index in [1.54, 1.807) is 7.05 Å². The third-order valence-electron chi connectivity index (χ3n) is 1.68. The van der Waals surface area contributed by atoms with Crippen LogP contribution in [0.25, 0.3) is 0 Å². The number of hydrogen-bond acceptors (Lipinski definition) is 2. The fourth-order valence-corrected chi connectivity index (χ4v) is 1.48. The van der Waals surface area contributed by atoms with Gasteiger partial charge in [0.25, 0.3) is 5.91 Å². The van der Waals surface area contributed by atoms with Gasteiger partial charge in [0, 0.05) is 12.6 Å². The third kappa shape index (κ3) is 3.12. The van der Waals surface area contributed by atoms with Crippen LogP contribution in [0.3, 0.4) is 0 Å². The second-order valence-electron chi connectivity index (χ2n) is 2.87. The van der Waals surface area contributed by atoms with Gasteiger partial charge in [-0.3, -0.25) is 4.79 Å². The van der Waals surface area contributed by atoms with Crippen molar-refractivity contribution in [1.82, 2.24) is 9.88 Å². The molecule has 0 aromatic carbocycles. The summed E-state index contributed by atoms with van der Waals surface area (Å²) in [4.78, 5) is 16.9. The molecule has 1 amide bonds. The van der Waals surface area contributed by atoms with Gasteiger partial charge in [0.15, 0.2) is 0 Å². The molecule has 78 valence electrons. The maximum atomic E-state index is 11.7. The number of nitrogens with zero attached hydrogens (tertiary/aromatic N) is 2. The molecule has 0 bridgehead atoms. The molecule has 0 saturated heterocycles. The fraction of sp³-hybridized carbons (Fsp3) is 0.200. The molecule has 15 heavy (non-hydrogen) atoms. The SMILES string of the molecule is C#CCN(C)C(=O)c1cc(Cl)nc(Cl)c1. The molecule has 1 rings (SSSR count). The van der Waals surface area contributed by atoms with Crippen molar-refractivity contribution in [2.75, 3.05) is 13.6 Å². The van der Waals surface area contributed by atoms with E-state index in [2.05, 4.69) is 10.9 Å². The number of carbonyl (C=O) groups is 1. The molecule has 0 radical (unpaired) electrons. The largest absolute Gasteiger partial charge is 0.331 e. The van der Waals surface area contributed by atoms with Crippen molar-refractivity contribution in [3.63, 3.8) is 0 Å². The predicted octanol–water partition coefficient (Wildman–Crippen LogP) is 2.09. The van der Waals surface area contributed by atoms with Gasteiger partial charge in [0.2, 0.25) is 0 Å². The Bertz CT molecular complexity index is 406. The molecule has 5 heteroatoms. The lowest BCUT2D eigenvalue weighted by molar-refractivity contribution is 0.0812. The summed E-state index contributed by atoms with van der Waals surface area (Å²) >= 11 is 11.3. The molecular weight excluding hydrogens is 235 g/mol. The van der Waals surface area contributed by atoms with E-state index < -0.39 is 0 Å². The highest BCUT2D eigenvalue weighted by Crippen LogP contribution is 2.15. The van der Waals surface area contributed by atoms with Crippen molar-refractivity contribution in [2.24, 2.45) is 0 Å². The number of terminal acetylenes is 1. The van der Waals surface area contributed by atoms with E-state index in [9.17, 15) is 4.79 Å². The quantitative estimate of drug-likeness (QED) is 0.588. The van der Waals surface area contributed by atoms with E-state index in [1.165, 1.54) is 17.0 Å². The molecule has 3 nitrogen and oxygen atoms in total. The summed E-state index contributed by atoms with van der Waals surface area (Å²) in [5, 5.41) is 0.361. The van der Waals surface area contributed by atoms with Crippen LogP contribution in [-0.4, -0.2) is 29.4 Å². The maximum absolute atomic E-state index is 11.7.